The summed E-state index contributed by atoms with van der Waals surface area (Å²) in [6.07, 6.45) is 3.24. The van der Waals surface area contributed by atoms with Gasteiger partial charge in [-0.1, -0.05) is 0 Å². The van der Waals surface area contributed by atoms with E-state index in [1.54, 1.807) is 0 Å². The second kappa shape index (κ2) is 21.9. The first-order valence-electron chi connectivity index (χ1n) is 11.1. The molecular weight excluding hydrogens is 394 g/mol. The minimum atomic E-state index is -0.0510. The highest BCUT2D eigenvalue weighted by atomic mass is 16.7. The van der Waals surface area contributed by atoms with Crippen LogP contribution in [0.25, 0.3) is 0 Å². The second-order valence-corrected chi connectivity index (χ2v) is 7.14. The van der Waals surface area contributed by atoms with E-state index < -0.39 is 0 Å². The van der Waals surface area contributed by atoms with Gasteiger partial charge in [0.2, 0.25) is 0 Å². The Labute approximate surface area is 182 Å². The molecule has 180 valence electrons. The molecule has 0 aliphatic carbocycles. The molecule has 1 aliphatic heterocycles. The lowest BCUT2D eigenvalue weighted by Gasteiger charge is -2.22. The summed E-state index contributed by atoms with van der Waals surface area (Å²) in [7, 11) is 4.05. The van der Waals surface area contributed by atoms with E-state index in [1.165, 1.54) is 6.42 Å². The summed E-state index contributed by atoms with van der Waals surface area (Å²) in [5, 5.41) is 0. The Balaban J connectivity index is 1.64. The highest BCUT2D eigenvalue weighted by Gasteiger charge is 2.13. The predicted octanol–water partition coefficient (Wildman–Crippen LogP) is 1.19. The zero-order chi connectivity index (χ0) is 21.5. The van der Waals surface area contributed by atoms with Gasteiger partial charge < -0.3 is 42.8 Å². The summed E-state index contributed by atoms with van der Waals surface area (Å²) in [5.41, 5.74) is 0. The quantitative estimate of drug-likeness (QED) is 0.232. The molecule has 1 fully saturated rings. The van der Waals surface area contributed by atoms with Crippen molar-refractivity contribution in [3.8, 4) is 0 Å². The smallest absolute Gasteiger partial charge is 0.157 e. The van der Waals surface area contributed by atoms with Gasteiger partial charge in [0.1, 0.15) is 0 Å². The van der Waals surface area contributed by atoms with Gasteiger partial charge in [-0.05, 0) is 33.4 Å². The van der Waals surface area contributed by atoms with Crippen LogP contribution < -0.4 is 0 Å². The van der Waals surface area contributed by atoms with Crippen LogP contribution >= 0.6 is 0 Å². The molecule has 0 saturated carbocycles. The molecule has 1 unspecified atom stereocenters. The topological polar surface area (TPSA) is 77.1 Å². The lowest BCUT2D eigenvalue weighted by molar-refractivity contribution is -0.169. The highest BCUT2D eigenvalue weighted by molar-refractivity contribution is 4.53. The van der Waals surface area contributed by atoms with Crippen molar-refractivity contribution in [3.63, 3.8) is 0 Å². The van der Waals surface area contributed by atoms with Gasteiger partial charge in [-0.25, -0.2) is 0 Å². The van der Waals surface area contributed by atoms with Crippen molar-refractivity contribution < 1.29 is 37.9 Å². The van der Waals surface area contributed by atoms with Crippen LogP contribution in [0, 0.1) is 0 Å². The summed E-state index contributed by atoms with van der Waals surface area (Å²) in [5.74, 6) is 0. The van der Waals surface area contributed by atoms with Gasteiger partial charge in [0.05, 0.1) is 85.9 Å². The van der Waals surface area contributed by atoms with Gasteiger partial charge >= 0.3 is 0 Å². The third-order valence-corrected chi connectivity index (χ3v) is 4.21. The Morgan fingerprint density at radius 3 is 1.43 bits per heavy atom. The van der Waals surface area contributed by atoms with Crippen molar-refractivity contribution in [1.82, 2.24) is 4.90 Å². The average Bonchev–Trinajstić information content (AvgIpc) is 2.75. The molecule has 0 aromatic rings. The van der Waals surface area contributed by atoms with Crippen LogP contribution in [-0.4, -0.2) is 124 Å². The maximum atomic E-state index is 5.59. The monoisotopic (exact) mass is 437 g/mol. The van der Waals surface area contributed by atoms with E-state index in [-0.39, 0.29) is 6.29 Å². The molecule has 1 saturated heterocycles. The molecule has 0 N–H and O–H groups in total. The Hall–Kier alpha value is -0.360. The number of hydrogen-bond donors (Lipinski definition) is 0. The van der Waals surface area contributed by atoms with Crippen LogP contribution in [0.15, 0.2) is 0 Å². The minimum Gasteiger partial charge on any atom is -0.378 e. The highest BCUT2D eigenvalue weighted by Crippen LogP contribution is 2.13. The molecule has 9 nitrogen and oxygen atoms in total. The van der Waals surface area contributed by atoms with E-state index >= 15 is 0 Å². The van der Waals surface area contributed by atoms with Gasteiger partial charge in [0, 0.05) is 13.2 Å². The van der Waals surface area contributed by atoms with Crippen molar-refractivity contribution in [3.05, 3.63) is 0 Å². The van der Waals surface area contributed by atoms with Gasteiger partial charge in [-0.3, -0.25) is 0 Å². The van der Waals surface area contributed by atoms with Crippen molar-refractivity contribution >= 4 is 0 Å². The summed E-state index contributed by atoms with van der Waals surface area (Å²) < 4.78 is 43.7. The van der Waals surface area contributed by atoms with Crippen LogP contribution in [0.1, 0.15) is 19.3 Å². The molecule has 0 bridgehead atoms. The Morgan fingerprint density at radius 2 is 1.03 bits per heavy atom. The standard InChI is InChI=1S/C21H43NO8/c1-22(2)6-8-23-9-10-24-11-12-25-13-14-26-15-16-27-17-18-28-19-20-30-21-5-3-4-7-29-21/h21H,3-20H2,1-2H3. The molecule has 1 heterocycles. The summed E-state index contributed by atoms with van der Waals surface area (Å²) >= 11 is 0. The number of likely N-dealkylation sites (N-methyl/N-ethyl adjacent to an activating group) is 1. The molecule has 0 radical (unpaired) electrons. The van der Waals surface area contributed by atoms with Crippen LogP contribution in [-0.2, 0) is 37.9 Å². The third kappa shape index (κ3) is 19.6. The van der Waals surface area contributed by atoms with Gasteiger partial charge in [0.15, 0.2) is 6.29 Å². The first-order chi connectivity index (χ1) is 14.8. The predicted molar refractivity (Wildman–Crippen MR) is 113 cm³/mol. The first-order valence-corrected chi connectivity index (χ1v) is 11.1. The van der Waals surface area contributed by atoms with Crippen molar-refractivity contribution in [1.29, 1.82) is 0 Å². The average molecular weight is 438 g/mol. The molecule has 30 heavy (non-hydrogen) atoms. The maximum absolute atomic E-state index is 5.59. The molecule has 0 aromatic carbocycles. The van der Waals surface area contributed by atoms with Crippen molar-refractivity contribution in [2.24, 2.45) is 0 Å². The SMILES string of the molecule is CN(C)CCOCCOCCOCCOCCOCCOCCOC1CCCCO1. The van der Waals surface area contributed by atoms with E-state index in [0.29, 0.717) is 79.3 Å². The number of nitrogens with zero attached hydrogens (tertiary/aromatic N) is 1. The number of hydrogen-bond acceptors (Lipinski definition) is 9. The van der Waals surface area contributed by atoms with Crippen molar-refractivity contribution in [2.75, 3.05) is 113 Å². The van der Waals surface area contributed by atoms with Crippen molar-refractivity contribution in [2.45, 2.75) is 25.6 Å². The fourth-order valence-corrected chi connectivity index (χ4v) is 2.53. The van der Waals surface area contributed by atoms with E-state index in [9.17, 15) is 0 Å². The summed E-state index contributed by atoms with van der Waals surface area (Å²) in [6, 6.07) is 0. The maximum Gasteiger partial charge on any atom is 0.157 e. The molecule has 1 rings (SSSR count). The zero-order valence-electron chi connectivity index (χ0n) is 19.0. The molecule has 1 atom stereocenters. The molecule has 0 amide bonds. The van der Waals surface area contributed by atoms with Gasteiger partial charge in [0.25, 0.3) is 0 Å². The summed E-state index contributed by atoms with van der Waals surface area (Å²) in [4.78, 5) is 2.09. The number of rotatable bonds is 22. The minimum absolute atomic E-state index is 0.0510. The van der Waals surface area contributed by atoms with E-state index in [1.807, 2.05) is 14.1 Å². The van der Waals surface area contributed by atoms with Crippen LogP contribution in [0.3, 0.4) is 0 Å². The third-order valence-electron chi connectivity index (χ3n) is 4.21. The molecular formula is C21H43NO8. The Morgan fingerprint density at radius 1 is 0.600 bits per heavy atom. The first kappa shape index (κ1) is 27.7. The Kier molecular flexibility index (Phi) is 20.2. The molecule has 0 aromatic heterocycles. The fourth-order valence-electron chi connectivity index (χ4n) is 2.53. The Bertz CT molecular complexity index is 343. The van der Waals surface area contributed by atoms with E-state index in [4.69, 9.17) is 37.9 Å². The van der Waals surface area contributed by atoms with E-state index in [0.717, 1.165) is 32.6 Å². The number of ether oxygens (including phenoxy) is 8. The lowest BCUT2D eigenvalue weighted by atomic mass is 10.2. The molecule has 1 aliphatic rings. The molecule has 0 spiro atoms. The van der Waals surface area contributed by atoms with Gasteiger partial charge in [-0.15, -0.1) is 0 Å². The van der Waals surface area contributed by atoms with E-state index in [2.05, 4.69) is 4.90 Å². The van der Waals surface area contributed by atoms with Crippen LogP contribution in [0.2, 0.25) is 0 Å². The molecule has 9 heteroatoms. The van der Waals surface area contributed by atoms with Crippen LogP contribution in [0.5, 0.6) is 0 Å². The largest absolute Gasteiger partial charge is 0.378 e. The zero-order valence-corrected chi connectivity index (χ0v) is 19.0. The van der Waals surface area contributed by atoms with Crippen LogP contribution in [0.4, 0.5) is 0 Å². The lowest BCUT2D eigenvalue weighted by Crippen LogP contribution is -2.24. The second-order valence-electron chi connectivity index (χ2n) is 7.14. The summed E-state index contributed by atoms with van der Waals surface area (Å²) in [6.45, 7) is 9.22. The fraction of sp³-hybridized carbons (Fsp3) is 1.00. The normalized spacial score (nSPS) is 17.1. The van der Waals surface area contributed by atoms with Gasteiger partial charge in [-0.2, -0.15) is 0 Å².